The molecule has 3 aromatic carbocycles. The first kappa shape index (κ1) is 20.6. The largest absolute Gasteiger partial charge is 0.488 e. The fourth-order valence-electron chi connectivity index (χ4n) is 3.11. The highest BCUT2D eigenvalue weighted by molar-refractivity contribution is 6.80. The minimum Gasteiger partial charge on any atom is -0.423 e. The van der Waals surface area contributed by atoms with Crippen molar-refractivity contribution in [1.82, 2.24) is 0 Å². The number of benzene rings is 3. The predicted octanol–water partition coefficient (Wildman–Crippen LogP) is 1.99. The molecular formula is C23H26BO3Si. The molecule has 28 heavy (non-hydrogen) atoms. The van der Waals surface area contributed by atoms with Gasteiger partial charge in [-0.25, -0.2) is 0 Å². The van der Waals surface area contributed by atoms with Crippen LogP contribution in [0.2, 0.25) is 0 Å². The number of rotatable bonds is 6. The zero-order valence-electron chi connectivity index (χ0n) is 16.6. The maximum atomic E-state index is 9.62. The minimum absolute atomic E-state index is 0.106. The van der Waals surface area contributed by atoms with Crippen molar-refractivity contribution in [3.05, 3.63) is 90.0 Å². The van der Waals surface area contributed by atoms with E-state index in [9.17, 15) is 10.0 Å². The molecule has 0 bridgehead atoms. The summed E-state index contributed by atoms with van der Waals surface area (Å²) in [5.41, 5.74) is 2.68. The van der Waals surface area contributed by atoms with Gasteiger partial charge in [0.1, 0.15) is 0 Å². The van der Waals surface area contributed by atoms with Crippen molar-refractivity contribution in [1.29, 1.82) is 0 Å². The molecule has 0 aromatic heterocycles. The molecule has 0 atom stereocenters. The maximum Gasteiger partial charge on any atom is 0.488 e. The summed E-state index contributed by atoms with van der Waals surface area (Å²) in [5, 5.41) is 21.6. The van der Waals surface area contributed by atoms with Crippen LogP contribution in [0.25, 0.3) is 0 Å². The van der Waals surface area contributed by atoms with Gasteiger partial charge < -0.3 is 14.5 Å². The Morgan fingerprint density at radius 2 is 1.36 bits per heavy atom. The standard InChI is InChI=1S/C23H26BO3Si/c1-23(2,3)19-13-15-21(16-14-19)28(20-10-5-4-6-11-20)27-17-18-9-7-8-12-22(18)24(25)26/h4-16,25-26H,17H2,1-3H3. The molecule has 1 radical (unpaired) electrons. The van der Waals surface area contributed by atoms with Gasteiger partial charge in [-0.1, -0.05) is 99.6 Å². The Bertz CT molecular complexity index is 890. The van der Waals surface area contributed by atoms with E-state index < -0.39 is 16.2 Å². The van der Waals surface area contributed by atoms with Gasteiger partial charge >= 0.3 is 7.12 Å². The van der Waals surface area contributed by atoms with Crippen LogP contribution in [0.4, 0.5) is 0 Å². The summed E-state index contributed by atoms with van der Waals surface area (Å²) in [6.45, 7) is 6.95. The van der Waals surface area contributed by atoms with Crippen molar-refractivity contribution in [3.8, 4) is 0 Å². The Hall–Kier alpha value is -2.18. The SMILES string of the molecule is CC(C)(C)c1ccc([Si](OCc2ccccc2B(O)O)c2ccccc2)cc1. The molecule has 5 heteroatoms. The van der Waals surface area contributed by atoms with Gasteiger partial charge in [0, 0.05) is 0 Å². The molecular weight excluding hydrogens is 363 g/mol. The molecule has 0 unspecified atom stereocenters. The Balaban J connectivity index is 1.89. The van der Waals surface area contributed by atoms with Crippen molar-refractivity contribution in [2.45, 2.75) is 32.8 Å². The second-order valence-corrected chi connectivity index (χ2v) is 9.99. The van der Waals surface area contributed by atoms with Crippen LogP contribution in [0.5, 0.6) is 0 Å². The lowest BCUT2D eigenvalue weighted by Gasteiger charge is -2.21. The smallest absolute Gasteiger partial charge is 0.423 e. The van der Waals surface area contributed by atoms with Crippen LogP contribution in [0.15, 0.2) is 78.9 Å². The van der Waals surface area contributed by atoms with Gasteiger partial charge in [-0.3, -0.25) is 0 Å². The third-order valence-corrected chi connectivity index (χ3v) is 6.90. The van der Waals surface area contributed by atoms with Gasteiger partial charge in [0.05, 0.1) is 6.61 Å². The predicted molar refractivity (Wildman–Crippen MR) is 118 cm³/mol. The third-order valence-electron chi connectivity index (χ3n) is 4.75. The Labute approximate surface area is 169 Å². The normalized spacial score (nSPS) is 11.6. The van der Waals surface area contributed by atoms with Crippen molar-refractivity contribution in [3.63, 3.8) is 0 Å². The average Bonchev–Trinajstić information content (AvgIpc) is 2.69. The summed E-state index contributed by atoms with van der Waals surface area (Å²) in [4.78, 5) is 0. The molecule has 2 N–H and O–H groups in total. The van der Waals surface area contributed by atoms with Gasteiger partial charge in [0.25, 0.3) is 9.04 Å². The summed E-state index contributed by atoms with van der Waals surface area (Å²) >= 11 is 0. The van der Waals surface area contributed by atoms with Crippen LogP contribution in [-0.2, 0) is 16.4 Å². The monoisotopic (exact) mass is 389 g/mol. The van der Waals surface area contributed by atoms with Gasteiger partial charge in [0.15, 0.2) is 0 Å². The maximum absolute atomic E-state index is 9.62. The molecule has 0 amide bonds. The third kappa shape index (κ3) is 5.00. The highest BCUT2D eigenvalue weighted by atomic mass is 28.3. The molecule has 0 aliphatic heterocycles. The quantitative estimate of drug-likeness (QED) is 0.634. The molecule has 0 aliphatic carbocycles. The first-order valence-electron chi connectivity index (χ1n) is 9.46. The van der Waals surface area contributed by atoms with E-state index in [0.29, 0.717) is 12.1 Å². The van der Waals surface area contributed by atoms with E-state index in [4.69, 9.17) is 4.43 Å². The van der Waals surface area contributed by atoms with Crippen LogP contribution in [-0.4, -0.2) is 26.2 Å². The lowest BCUT2D eigenvalue weighted by Crippen LogP contribution is -2.45. The lowest BCUT2D eigenvalue weighted by molar-refractivity contribution is 0.321. The van der Waals surface area contributed by atoms with E-state index in [1.165, 1.54) is 10.8 Å². The molecule has 0 saturated carbocycles. The van der Waals surface area contributed by atoms with Crippen molar-refractivity contribution in [2.24, 2.45) is 0 Å². The van der Waals surface area contributed by atoms with Crippen molar-refractivity contribution in [2.75, 3.05) is 0 Å². The second-order valence-electron chi connectivity index (χ2n) is 7.88. The van der Waals surface area contributed by atoms with E-state index in [2.05, 4.69) is 57.2 Å². The molecule has 3 nitrogen and oxygen atoms in total. The van der Waals surface area contributed by atoms with Crippen molar-refractivity contribution < 1.29 is 14.5 Å². The zero-order chi connectivity index (χ0) is 20.1. The van der Waals surface area contributed by atoms with Crippen molar-refractivity contribution >= 4 is 32.0 Å². The summed E-state index contributed by atoms with van der Waals surface area (Å²) in [6, 6.07) is 26.2. The summed E-state index contributed by atoms with van der Waals surface area (Å²) in [6.07, 6.45) is 0. The summed E-state index contributed by atoms with van der Waals surface area (Å²) < 4.78 is 6.40. The van der Waals surface area contributed by atoms with Crippen LogP contribution in [0, 0.1) is 0 Å². The minimum atomic E-state index is -1.50. The lowest BCUT2D eigenvalue weighted by atomic mass is 9.77. The molecule has 3 aromatic rings. The van der Waals surface area contributed by atoms with Crippen LogP contribution >= 0.6 is 0 Å². The van der Waals surface area contributed by atoms with E-state index in [1.54, 1.807) is 12.1 Å². The number of hydrogen-bond acceptors (Lipinski definition) is 3. The van der Waals surface area contributed by atoms with Crippen LogP contribution in [0.3, 0.4) is 0 Å². The first-order valence-corrected chi connectivity index (χ1v) is 10.9. The Morgan fingerprint density at radius 3 is 1.96 bits per heavy atom. The fourth-order valence-corrected chi connectivity index (χ4v) is 5.04. The highest BCUT2D eigenvalue weighted by Gasteiger charge is 2.22. The van der Waals surface area contributed by atoms with Gasteiger partial charge in [-0.15, -0.1) is 0 Å². The second kappa shape index (κ2) is 8.88. The fraction of sp³-hybridized carbons (Fsp3) is 0.217. The van der Waals surface area contributed by atoms with Gasteiger partial charge in [-0.2, -0.15) is 0 Å². The summed E-state index contributed by atoms with van der Waals surface area (Å²) in [7, 11) is -2.97. The Kier molecular flexibility index (Phi) is 6.52. The molecule has 0 heterocycles. The van der Waals surface area contributed by atoms with E-state index >= 15 is 0 Å². The highest BCUT2D eigenvalue weighted by Crippen LogP contribution is 2.20. The molecule has 0 fully saturated rings. The molecule has 3 rings (SSSR count). The van der Waals surface area contributed by atoms with Crippen LogP contribution in [0.1, 0.15) is 31.9 Å². The van der Waals surface area contributed by atoms with Gasteiger partial charge in [-0.05, 0) is 32.4 Å². The van der Waals surface area contributed by atoms with E-state index in [1.807, 2.05) is 30.3 Å². The average molecular weight is 389 g/mol. The molecule has 143 valence electrons. The summed E-state index contributed by atoms with van der Waals surface area (Å²) in [5.74, 6) is 0. The molecule has 0 saturated heterocycles. The zero-order valence-corrected chi connectivity index (χ0v) is 17.6. The van der Waals surface area contributed by atoms with Crippen LogP contribution < -0.4 is 15.8 Å². The van der Waals surface area contributed by atoms with Gasteiger partial charge in [0.2, 0.25) is 0 Å². The topological polar surface area (TPSA) is 49.7 Å². The molecule has 0 spiro atoms. The van der Waals surface area contributed by atoms with E-state index in [0.717, 1.165) is 10.8 Å². The number of hydrogen-bond donors (Lipinski definition) is 2. The first-order chi connectivity index (χ1) is 13.4. The van der Waals surface area contributed by atoms with E-state index in [-0.39, 0.29) is 5.41 Å². The molecule has 0 aliphatic rings. The Morgan fingerprint density at radius 1 is 0.786 bits per heavy atom.